The van der Waals surface area contributed by atoms with E-state index in [9.17, 15) is 0 Å². The van der Waals surface area contributed by atoms with Crippen LogP contribution in [0.1, 0.15) is 25.7 Å². The highest BCUT2D eigenvalue weighted by molar-refractivity contribution is 5.20. The van der Waals surface area contributed by atoms with Gasteiger partial charge in [-0.15, -0.1) is 0 Å². The molecular formula is C8H15N5. The summed E-state index contributed by atoms with van der Waals surface area (Å²) in [4.78, 5) is 0. The van der Waals surface area contributed by atoms with E-state index >= 15 is 0 Å². The lowest BCUT2D eigenvalue weighted by Crippen LogP contribution is -2.13. The molecule has 1 aliphatic carbocycles. The van der Waals surface area contributed by atoms with Gasteiger partial charge in [0.15, 0.2) is 0 Å². The highest BCUT2D eigenvalue weighted by Gasteiger charge is 2.15. The summed E-state index contributed by atoms with van der Waals surface area (Å²) in [5.74, 6) is 1.59. The number of anilines is 1. The first-order valence-corrected chi connectivity index (χ1v) is 4.82. The quantitative estimate of drug-likeness (QED) is 0.749. The molecule has 0 aromatic carbocycles. The van der Waals surface area contributed by atoms with Crippen LogP contribution >= 0.6 is 0 Å². The van der Waals surface area contributed by atoms with Crippen molar-refractivity contribution in [2.24, 2.45) is 13.0 Å². The molecule has 0 spiro atoms. The zero-order chi connectivity index (χ0) is 9.10. The standard InChI is InChI=1S/C8H15N5/c1-13-8(10-11-12-13)9-6-7-4-2-3-5-7/h7H,2-6H2,1H3,(H,9,10,12). The van der Waals surface area contributed by atoms with Crippen molar-refractivity contribution < 1.29 is 0 Å². The predicted octanol–water partition coefficient (Wildman–Crippen LogP) is 0.812. The molecule has 1 aromatic rings. The van der Waals surface area contributed by atoms with E-state index in [1.54, 1.807) is 4.68 Å². The number of aryl methyl sites for hydroxylation is 1. The minimum atomic E-state index is 0.770. The Morgan fingerprint density at radius 3 is 2.85 bits per heavy atom. The van der Waals surface area contributed by atoms with Crippen molar-refractivity contribution in [2.75, 3.05) is 11.9 Å². The van der Waals surface area contributed by atoms with E-state index in [1.165, 1.54) is 25.7 Å². The molecule has 5 heteroatoms. The third kappa shape index (κ3) is 1.96. The van der Waals surface area contributed by atoms with Gasteiger partial charge in [-0.25, -0.2) is 4.68 Å². The molecule has 1 aromatic heterocycles. The van der Waals surface area contributed by atoms with Crippen LogP contribution in [0.5, 0.6) is 0 Å². The summed E-state index contributed by atoms with van der Waals surface area (Å²) in [5.41, 5.74) is 0. The van der Waals surface area contributed by atoms with Crippen LogP contribution in [-0.4, -0.2) is 26.8 Å². The predicted molar refractivity (Wildman–Crippen MR) is 49.2 cm³/mol. The average Bonchev–Trinajstić information content (AvgIpc) is 2.72. The zero-order valence-electron chi connectivity index (χ0n) is 7.90. The molecule has 0 saturated heterocycles. The van der Waals surface area contributed by atoms with Gasteiger partial charge in [0.25, 0.3) is 0 Å². The lowest BCUT2D eigenvalue weighted by atomic mass is 10.1. The Bertz CT molecular complexity index is 263. The Hall–Kier alpha value is -1.13. The van der Waals surface area contributed by atoms with Gasteiger partial charge in [-0.2, -0.15) is 0 Å². The number of hydrogen-bond acceptors (Lipinski definition) is 4. The fourth-order valence-electron chi connectivity index (χ4n) is 1.83. The third-order valence-electron chi connectivity index (χ3n) is 2.64. The summed E-state index contributed by atoms with van der Waals surface area (Å²) in [6.45, 7) is 1.01. The summed E-state index contributed by atoms with van der Waals surface area (Å²) in [7, 11) is 1.84. The van der Waals surface area contributed by atoms with Crippen molar-refractivity contribution >= 4 is 5.95 Å². The van der Waals surface area contributed by atoms with Crippen molar-refractivity contribution in [1.29, 1.82) is 0 Å². The summed E-state index contributed by atoms with van der Waals surface area (Å²) in [6.07, 6.45) is 5.45. The van der Waals surface area contributed by atoms with E-state index in [0.29, 0.717) is 0 Å². The van der Waals surface area contributed by atoms with Gasteiger partial charge >= 0.3 is 0 Å². The van der Waals surface area contributed by atoms with E-state index < -0.39 is 0 Å². The van der Waals surface area contributed by atoms with Gasteiger partial charge in [0.05, 0.1) is 0 Å². The van der Waals surface area contributed by atoms with Crippen molar-refractivity contribution in [3.8, 4) is 0 Å². The summed E-state index contributed by atoms with van der Waals surface area (Å²) in [5, 5.41) is 14.5. The molecule has 0 radical (unpaired) electrons. The molecule has 72 valence electrons. The van der Waals surface area contributed by atoms with E-state index in [-0.39, 0.29) is 0 Å². The maximum absolute atomic E-state index is 3.87. The first-order chi connectivity index (χ1) is 6.36. The van der Waals surface area contributed by atoms with Crippen molar-refractivity contribution in [2.45, 2.75) is 25.7 Å². The van der Waals surface area contributed by atoms with Crippen LogP contribution in [-0.2, 0) is 7.05 Å². The van der Waals surface area contributed by atoms with Crippen LogP contribution in [0.4, 0.5) is 5.95 Å². The van der Waals surface area contributed by atoms with Crippen molar-refractivity contribution in [3.63, 3.8) is 0 Å². The second kappa shape index (κ2) is 3.72. The Balaban J connectivity index is 1.82. The largest absolute Gasteiger partial charge is 0.353 e. The molecule has 0 bridgehead atoms. The Kier molecular flexibility index (Phi) is 2.42. The normalized spacial score (nSPS) is 17.9. The minimum absolute atomic E-state index is 0.770. The molecular weight excluding hydrogens is 166 g/mol. The molecule has 1 N–H and O–H groups in total. The van der Waals surface area contributed by atoms with E-state index in [4.69, 9.17) is 0 Å². The van der Waals surface area contributed by atoms with Crippen LogP contribution in [0.15, 0.2) is 0 Å². The average molecular weight is 181 g/mol. The van der Waals surface area contributed by atoms with E-state index in [0.717, 1.165) is 18.4 Å². The third-order valence-corrected chi connectivity index (χ3v) is 2.64. The molecule has 5 nitrogen and oxygen atoms in total. The second-order valence-corrected chi connectivity index (χ2v) is 3.66. The maximum atomic E-state index is 3.87. The smallest absolute Gasteiger partial charge is 0.242 e. The Labute approximate surface area is 77.5 Å². The Morgan fingerprint density at radius 1 is 1.46 bits per heavy atom. The Morgan fingerprint density at radius 2 is 2.23 bits per heavy atom. The van der Waals surface area contributed by atoms with Gasteiger partial charge in [0.2, 0.25) is 5.95 Å². The van der Waals surface area contributed by atoms with Gasteiger partial charge in [0, 0.05) is 13.6 Å². The van der Waals surface area contributed by atoms with Gasteiger partial charge < -0.3 is 5.32 Å². The lowest BCUT2D eigenvalue weighted by molar-refractivity contribution is 0.574. The van der Waals surface area contributed by atoms with Crippen LogP contribution in [0.25, 0.3) is 0 Å². The number of rotatable bonds is 3. The number of aromatic nitrogens is 4. The topological polar surface area (TPSA) is 55.6 Å². The van der Waals surface area contributed by atoms with E-state index in [1.807, 2.05) is 7.05 Å². The van der Waals surface area contributed by atoms with Gasteiger partial charge in [0.1, 0.15) is 0 Å². The first kappa shape index (κ1) is 8.47. The number of tetrazole rings is 1. The molecule has 13 heavy (non-hydrogen) atoms. The van der Waals surface area contributed by atoms with Crippen molar-refractivity contribution in [1.82, 2.24) is 20.2 Å². The van der Waals surface area contributed by atoms with Gasteiger partial charge in [-0.05, 0) is 29.2 Å². The zero-order valence-corrected chi connectivity index (χ0v) is 7.90. The fourth-order valence-corrected chi connectivity index (χ4v) is 1.83. The molecule has 1 fully saturated rings. The second-order valence-electron chi connectivity index (χ2n) is 3.66. The molecule has 1 saturated carbocycles. The fraction of sp³-hybridized carbons (Fsp3) is 0.875. The first-order valence-electron chi connectivity index (χ1n) is 4.82. The highest BCUT2D eigenvalue weighted by atomic mass is 15.6. The number of nitrogens with zero attached hydrogens (tertiary/aromatic N) is 4. The molecule has 0 atom stereocenters. The van der Waals surface area contributed by atoms with Crippen LogP contribution in [0.2, 0.25) is 0 Å². The molecule has 0 amide bonds. The molecule has 2 rings (SSSR count). The molecule has 0 aliphatic heterocycles. The van der Waals surface area contributed by atoms with Gasteiger partial charge in [-0.3, -0.25) is 0 Å². The van der Waals surface area contributed by atoms with E-state index in [2.05, 4.69) is 20.8 Å². The SMILES string of the molecule is Cn1nnnc1NCC1CCCC1. The minimum Gasteiger partial charge on any atom is -0.353 e. The molecule has 1 heterocycles. The van der Waals surface area contributed by atoms with Crippen LogP contribution in [0.3, 0.4) is 0 Å². The maximum Gasteiger partial charge on any atom is 0.242 e. The van der Waals surface area contributed by atoms with Crippen molar-refractivity contribution in [3.05, 3.63) is 0 Å². The highest BCUT2D eigenvalue weighted by Crippen LogP contribution is 2.24. The molecule has 1 aliphatic rings. The summed E-state index contributed by atoms with van der Waals surface area (Å²) in [6, 6.07) is 0. The van der Waals surface area contributed by atoms with Crippen LogP contribution in [0, 0.1) is 5.92 Å². The monoisotopic (exact) mass is 181 g/mol. The van der Waals surface area contributed by atoms with Crippen LogP contribution < -0.4 is 5.32 Å². The summed E-state index contributed by atoms with van der Waals surface area (Å²) >= 11 is 0. The number of hydrogen-bond donors (Lipinski definition) is 1. The lowest BCUT2D eigenvalue weighted by Gasteiger charge is -2.09. The molecule has 0 unspecified atom stereocenters. The number of nitrogens with one attached hydrogen (secondary N) is 1. The van der Waals surface area contributed by atoms with Gasteiger partial charge in [-0.1, -0.05) is 17.9 Å². The summed E-state index contributed by atoms with van der Waals surface area (Å²) < 4.78 is 1.66.